The Morgan fingerprint density at radius 1 is 0.877 bits per heavy atom. The number of hydrogen-bond acceptors (Lipinski definition) is 17. The van der Waals surface area contributed by atoms with Gasteiger partial charge >= 0.3 is 5.97 Å². The van der Waals surface area contributed by atoms with E-state index in [0.29, 0.717) is 35.2 Å². The largest absolute Gasteiger partial charge is 0.344 e. The molecule has 5 rings (SSSR count). The lowest BCUT2D eigenvalue weighted by molar-refractivity contribution is -0.437. The highest BCUT2D eigenvalue weighted by atomic mass is 32.2. The highest BCUT2D eigenvalue weighted by Crippen LogP contribution is 2.49. The van der Waals surface area contributed by atoms with Crippen molar-refractivity contribution in [3.8, 4) is 0 Å². The van der Waals surface area contributed by atoms with Crippen molar-refractivity contribution < 1.29 is 74.4 Å². The van der Waals surface area contributed by atoms with Gasteiger partial charge in [0.2, 0.25) is 15.7 Å². The third-order valence-corrected chi connectivity index (χ3v) is 14.9. The Balaban J connectivity index is 1.33. The van der Waals surface area contributed by atoms with Gasteiger partial charge in [-0.15, -0.1) is 13.7 Å². The highest BCUT2D eigenvalue weighted by Gasteiger charge is 2.45. The van der Waals surface area contributed by atoms with Crippen molar-refractivity contribution in [3.05, 3.63) is 95.8 Å². The summed E-state index contributed by atoms with van der Waals surface area (Å²) in [6.07, 6.45) is 13.8. The third-order valence-electron chi connectivity index (χ3n) is 11.1. The van der Waals surface area contributed by atoms with E-state index in [1.165, 1.54) is 13.1 Å². The Labute approximate surface area is 386 Å². The molecule has 0 spiro atoms. The van der Waals surface area contributed by atoms with E-state index in [-0.39, 0.29) is 43.5 Å². The quantitative estimate of drug-likeness (QED) is 0.0147. The molecular formula is C42H53N4O15S4+. The molecule has 0 saturated carbocycles. The van der Waals surface area contributed by atoms with Crippen LogP contribution in [0.4, 0.5) is 11.4 Å². The summed E-state index contributed by atoms with van der Waals surface area (Å²) in [4.78, 5) is 43.6. The van der Waals surface area contributed by atoms with E-state index in [4.69, 9.17) is 15.4 Å². The van der Waals surface area contributed by atoms with Gasteiger partial charge in [-0.2, -0.15) is 13.0 Å². The molecule has 354 valence electrons. The maximum atomic E-state index is 13.8. The lowest BCUT2D eigenvalue weighted by Gasteiger charge is -2.27. The first kappa shape index (κ1) is 51.7. The molecule has 0 atom stereocenters. The Morgan fingerprint density at radius 3 is 2.26 bits per heavy atom. The van der Waals surface area contributed by atoms with E-state index < -0.39 is 54.5 Å². The van der Waals surface area contributed by atoms with Gasteiger partial charge in [-0.05, 0) is 68.7 Å². The zero-order chi connectivity index (χ0) is 47.6. The number of nitrogens with zero attached hydrogens (tertiary/aromatic N) is 4. The van der Waals surface area contributed by atoms with Gasteiger partial charge in [-0.25, -0.2) is 28.0 Å². The molecular weight excluding hydrogens is 929 g/mol. The molecule has 0 aromatic heterocycles. The van der Waals surface area contributed by atoms with Crippen LogP contribution in [0.15, 0.2) is 94.4 Å². The van der Waals surface area contributed by atoms with Crippen molar-refractivity contribution in [2.75, 3.05) is 43.1 Å². The van der Waals surface area contributed by atoms with Gasteiger partial charge in [0.15, 0.2) is 5.71 Å². The number of allylic oxidation sites excluding steroid dienone is 8. The molecule has 2 amide bonds. The molecule has 0 aliphatic carbocycles. The molecule has 0 bridgehead atoms. The fourth-order valence-corrected chi connectivity index (χ4v) is 10.3. The molecule has 23 heteroatoms. The standard InChI is InChI=1S/C42H52N4O15S4/c1-41(2)32-28-30(63-61-59-51)17-19-34(32)45(25-13-27-64(52,53)54)36(41)14-9-7-6-8-10-15-37-42(3,4)33-29-31(18-20-35(33)44(37)24-12-26-62-60-58-50)65(55,56)43(5)23-11-16-40(49)57-46-38(47)21-22-39(46)48/h6-10,14-15,17-20,28-29H,11-13,16,21-27H2,1-5H3,(H2-,50,51,52,53,54)/p+1. The van der Waals surface area contributed by atoms with E-state index in [2.05, 4.69) is 23.6 Å². The molecule has 65 heavy (non-hydrogen) atoms. The molecule has 3 aliphatic rings. The Bertz CT molecular complexity index is 2470. The summed E-state index contributed by atoms with van der Waals surface area (Å²) < 4.78 is 72.3. The van der Waals surface area contributed by atoms with Gasteiger partial charge in [0.05, 0.1) is 28.1 Å². The van der Waals surface area contributed by atoms with Crippen LogP contribution in [0.5, 0.6) is 0 Å². The molecule has 3 aliphatic heterocycles. The number of hydroxylamine groups is 2. The molecule has 3 heterocycles. The van der Waals surface area contributed by atoms with Crippen LogP contribution in [-0.4, -0.2) is 108 Å². The first-order chi connectivity index (χ1) is 30.7. The van der Waals surface area contributed by atoms with Crippen LogP contribution >= 0.6 is 24.1 Å². The van der Waals surface area contributed by atoms with Crippen LogP contribution in [0.2, 0.25) is 0 Å². The topological polar surface area (TPSA) is 239 Å². The van der Waals surface area contributed by atoms with Gasteiger partial charge in [0.1, 0.15) is 6.54 Å². The Morgan fingerprint density at radius 2 is 1.57 bits per heavy atom. The van der Waals surface area contributed by atoms with E-state index in [1.807, 2.05) is 86.9 Å². The maximum absolute atomic E-state index is 13.8. The van der Waals surface area contributed by atoms with Crippen molar-refractivity contribution in [2.24, 2.45) is 0 Å². The number of amides is 2. The summed E-state index contributed by atoms with van der Waals surface area (Å²) >= 11 is 1.77. The van der Waals surface area contributed by atoms with Crippen LogP contribution in [-0.2, 0) is 68.9 Å². The van der Waals surface area contributed by atoms with Crippen molar-refractivity contribution in [1.29, 1.82) is 0 Å². The zero-order valence-corrected chi connectivity index (χ0v) is 39.7. The predicted octanol–water partition coefficient (Wildman–Crippen LogP) is 6.59. The highest BCUT2D eigenvalue weighted by molar-refractivity contribution is 7.94. The number of imide groups is 1. The van der Waals surface area contributed by atoms with Crippen molar-refractivity contribution in [1.82, 2.24) is 9.37 Å². The van der Waals surface area contributed by atoms with E-state index in [1.54, 1.807) is 18.2 Å². The van der Waals surface area contributed by atoms with E-state index >= 15 is 0 Å². The second-order valence-corrected chi connectivity index (χ2v) is 21.3. The molecule has 0 radical (unpaired) electrons. The van der Waals surface area contributed by atoms with Crippen molar-refractivity contribution in [3.63, 3.8) is 0 Å². The predicted molar refractivity (Wildman–Crippen MR) is 241 cm³/mol. The maximum Gasteiger partial charge on any atom is 0.333 e. The first-order valence-corrected chi connectivity index (χ1v) is 25.1. The number of rotatable bonds is 24. The molecule has 0 unspecified atom stereocenters. The fraction of sp³-hybridized carbons (Fsp3) is 0.429. The van der Waals surface area contributed by atoms with Gasteiger partial charge in [0, 0.05) is 103 Å². The minimum absolute atomic E-state index is 0.0276. The monoisotopic (exact) mass is 981 g/mol. The van der Waals surface area contributed by atoms with Crippen molar-refractivity contribution >= 4 is 79.1 Å². The smallest absolute Gasteiger partial charge is 0.333 e. The van der Waals surface area contributed by atoms with E-state index in [9.17, 15) is 35.8 Å². The summed E-state index contributed by atoms with van der Waals surface area (Å²) in [6.45, 7) is 8.88. The van der Waals surface area contributed by atoms with Crippen LogP contribution in [0, 0.1) is 0 Å². The van der Waals surface area contributed by atoms with Gasteiger partial charge < -0.3 is 9.74 Å². The first-order valence-electron chi connectivity index (χ1n) is 20.4. The number of benzene rings is 2. The molecule has 2 aromatic rings. The lowest BCUT2D eigenvalue weighted by atomic mass is 9.81. The Kier molecular flexibility index (Phi) is 17.9. The fourth-order valence-electron chi connectivity index (χ4n) is 7.84. The molecule has 1 fully saturated rings. The van der Waals surface area contributed by atoms with Crippen LogP contribution in [0.3, 0.4) is 0 Å². The number of sulfonamides is 1. The zero-order valence-electron chi connectivity index (χ0n) is 36.4. The van der Waals surface area contributed by atoms with Crippen molar-refractivity contribution in [2.45, 2.75) is 86.8 Å². The third kappa shape index (κ3) is 12.8. The van der Waals surface area contributed by atoms with Crippen LogP contribution < -0.4 is 4.90 Å². The SMILES string of the molecule is CN(CCCC(=O)ON1C(=O)CCC1=O)S(=O)(=O)c1ccc2c(c1)C(C)(C)\C(=C/C=C/C=C/C=C/C1=[N+](CCCS(=O)(=O)O)c3ccc(SOOO)cc3C1(C)C)N2CCCSOOO. The summed E-state index contributed by atoms with van der Waals surface area (Å²) in [6, 6.07) is 10.5. The summed E-state index contributed by atoms with van der Waals surface area (Å²) in [5, 5.41) is 25.1. The van der Waals surface area contributed by atoms with Gasteiger partial charge in [0.25, 0.3) is 21.9 Å². The molecule has 3 N–H and O–H groups in total. The average molecular weight is 982 g/mol. The van der Waals surface area contributed by atoms with Crippen LogP contribution in [0.25, 0.3) is 0 Å². The summed E-state index contributed by atoms with van der Waals surface area (Å²) in [7, 11) is -6.76. The average Bonchev–Trinajstić information content (AvgIpc) is 3.76. The van der Waals surface area contributed by atoms with E-state index in [0.717, 1.165) is 62.3 Å². The summed E-state index contributed by atoms with van der Waals surface area (Å²) in [5.74, 6) is -1.93. The molecule has 2 aromatic carbocycles. The lowest BCUT2D eigenvalue weighted by Crippen LogP contribution is -2.32. The number of fused-ring (bicyclic) bond motifs is 2. The summed E-state index contributed by atoms with van der Waals surface area (Å²) in [5.41, 5.74) is 3.97. The second-order valence-electron chi connectivity index (χ2n) is 16.1. The van der Waals surface area contributed by atoms with Crippen LogP contribution in [0.1, 0.15) is 77.3 Å². The normalized spacial score (nSPS) is 17.9. The number of hydrogen-bond donors (Lipinski definition) is 3. The Hall–Kier alpha value is -4.24. The molecule has 19 nitrogen and oxygen atoms in total. The molecule has 1 saturated heterocycles. The second kappa shape index (κ2) is 22.5. The minimum atomic E-state index is -4.16. The van der Waals surface area contributed by atoms with Gasteiger partial charge in [-0.3, -0.25) is 14.1 Å². The number of carbonyl (C=O) groups excluding carboxylic acids is 3. The number of anilines is 1. The number of carbonyl (C=O) groups is 3. The van der Waals surface area contributed by atoms with Gasteiger partial charge in [-0.1, -0.05) is 54.3 Å². The minimum Gasteiger partial charge on any atom is -0.344 e.